The summed E-state index contributed by atoms with van der Waals surface area (Å²) in [5, 5.41) is 3.10. The van der Waals surface area contributed by atoms with Gasteiger partial charge in [0.15, 0.2) is 0 Å². The number of carbonyl (C=O) groups excluding carboxylic acids is 1. The Labute approximate surface area is 169 Å². The van der Waals surface area contributed by atoms with Crippen LogP contribution in [0.4, 0.5) is 0 Å². The van der Waals surface area contributed by atoms with Gasteiger partial charge in [0.1, 0.15) is 0 Å². The zero-order chi connectivity index (χ0) is 19.2. The molecule has 2 saturated heterocycles. The number of hydrogen-bond donors (Lipinski definition) is 1. The Kier molecular flexibility index (Phi) is 6.97. The van der Waals surface area contributed by atoms with Crippen LogP contribution in [-0.4, -0.2) is 59.5 Å². The fraction of sp³-hybridized carbons (Fsp3) is 0.739. The Hall–Kier alpha value is -1.46. The fourth-order valence-electron chi connectivity index (χ4n) is 5.40. The number of likely N-dealkylation sites (tertiary alicyclic amines) is 2. The van der Waals surface area contributed by atoms with Gasteiger partial charge in [0.05, 0.1) is 18.2 Å². The predicted molar refractivity (Wildman–Crippen MR) is 112 cm³/mol. The second-order valence-electron chi connectivity index (χ2n) is 9.06. The van der Waals surface area contributed by atoms with Gasteiger partial charge in [0.25, 0.3) is 0 Å². The van der Waals surface area contributed by atoms with E-state index in [0.717, 1.165) is 37.5 Å². The van der Waals surface area contributed by atoms with Gasteiger partial charge in [0.2, 0.25) is 5.91 Å². The molecule has 5 nitrogen and oxygen atoms in total. The first-order chi connectivity index (χ1) is 13.8. The molecular formula is C23H36N4O. The van der Waals surface area contributed by atoms with Crippen LogP contribution in [0.1, 0.15) is 57.1 Å². The monoisotopic (exact) mass is 384 g/mol. The zero-order valence-electron chi connectivity index (χ0n) is 17.2. The number of aromatic nitrogens is 1. The molecule has 0 aromatic carbocycles. The minimum Gasteiger partial charge on any atom is -0.350 e. The van der Waals surface area contributed by atoms with E-state index in [2.05, 4.69) is 20.1 Å². The minimum absolute atomic E-state index is 0.133. The van der Waals surface area contributed by atoms with Crippen molar-refractivity contribution in [3.8, 4) is 0 Å². The lowest BCUT2D eigenvalue weighted by atomic mass is 9.93. The largest absolute Gasteiger partial charge is 0.350 e. The normalized spacial score (nSPS) is 25.8. The molecule has 3 heterocycles. The maximum absolute atomic E-state index is 12.7. The van der Waals surface area contributed by atoms with Gasteiger partial charge in [0, 0.05) is 25.3 Å². The molecule has 2 aliphatic heterocycles. The third-order valence-electron chi connectivity index (χ3n) is 7.06. The SMILES string of the molecule is O=C(NCc1ccccn1)C1CCCN(C2CCN(CC3CCCC3)CC2)C1. The summed E-state index contributed by atoms with van der Waals surface area (Å²) in [6, 6.07) is 6.51. The molecule has 5 heteroatoms. The summed E-state index contributed by atoms with van der Waals surface area (Å²) in [5.74, 6) is 1.29. The van der Waals surface area contributed by atoms with E-state index in [1.807, 2.05) is 18.2 Å². The molecule has 3 fully saturated rings. The number of amides is 1. The van der Waals surface area contributed by atoms with E-state index in [1.54, 1.807) is 6.20 Å². The summed E-state index contributed by atoms with van der Waals surface area (Å²) in [5.41, 5.74) is 0.929. The number of rotatable bonds is 6. The maximum atomic E-state index is 12.7. The van der Waals surface area contributed by atoms with Crippen LogP contribution in [-0.2, 0) is 11.3 Å². The van der Waals surface area contributed by atoms with Gasteiger partial charge in [-0.3, -0.25) is 14.7 Å². The molecular weight excluding hydrogens is 348 g/mol. The Morgan fingerprint density at radius 1 is 1.04 bits per heavy atom. The second kappa shape index (κ2) is 9.84. The van der Waals surface area contributed by atoms with Crippen LogP contribution in [0, 0.1) is 11.8 Å². The molecule has 0 radical (unpaired) electrons. The van der Waals surface area contributed by atoms with E-state index in [4.69, 9.17) is 0 Å². The number of pyridine rings is 1. The minimum atomic E-state index is 0.133. The van der Waals surface area contributed by atoms with Gasteiger partial charge in [-0.15, -0.1) is 0 Å². The third-order valence-corrected chi connectivity index (χ3v) is 7.06. The molecule has 1 aromatic heterocycles. The van der Waals surface area contributed by atoms with Crippen LogP contribution < -0.4 is 5.32 Å². The highest BCUT2D eigenvalue weighted by molar-refractivity contribution is 5.78. The molecule has 0 spiro atoms. The molecule has 28 heavy (non-hydrogen) atoms. The quantitative estimate of drug-likeness (QED) is 0.819. The van der Waals surface area contributed by atoms with E-state index in [-0.39, 0.29) is 11.8 Å². The van der Waals surface area contributed by atoms with Crippen molar-refractivity contribution in [1.29, 1.82) is 0 Å². The van der Waals surface area contributed by atoms with Gasteiger partial charge >= 0.3 is 0 Å². The lowest BCUT2D eigenvalue weighted by molar-refractivity contribution is -0.127. The Balaban J connectivity index is 1.21. The van der Waals surface area contributed by atoms with E-state index >= 15 is 0 Å². The molecule has 154 valence electrons. The Morgan fingerprint density at radius 2 is 1.86 bits per heavy atom. The van der Waals surface area contributed by atoms with Crippen LogP contribution in [0.5, 0.6) is 0 Å². The van der Waals surface area contributed by atoms with Crippen LogP contribution >= 0.6 is 0 Å². The fourth-order valence-corrected chi connectivity index (χ4v) is 5.40. The summed E-state index contributed by atoms with van der Waals surface area (Å²) in [6.07, 6.45) is 12.3. The number of carbonyl (C=O) groups is 1. The lowest BCUT2D eigenvalue weighted by Crippen LogP contribution is -2.51. The topological polar surface area (TPSA) is 48.5 Å². The molecule has 1 atom stereocenters. The summed E-state index contributed by atoms with van der Waals surface area (Å²) < 4.78 is 0. The van der Waals surface area contributed by atoms with Crippen LogP contribution in [0.2, 0.25) is 0 Å². The van der Waals surface area contributed by atoms with Crippen molar-refractivity contribution >= 4 is 5.91 Å². The molecule has 1 aromatic rings. The van der Waals surface area contributed by atoms with Crippen LogP contribution in [0.25, 0.3) is 0 Å². The second-order valence-corrected chi connectivity index (χ2v) is 9.06. The van der Waals surface area contributed by atoms with E-state index in [9.17, 15) is 4.79 Å². The average molecular weight is 385 g/mol. The highest BCUT2D eigenvalue weighted by atomic mass is 16.1. The molecule has 3 aliphatic rings. The van der Waals surface area contributed by atoms with Crippen molar-refractivity contribution in [3.05, 3.63) is 30.1 Å². The molecule has 4 rings (SSSR count). The molecule has 1 aliphatic carbocycles. The van der Waals surface area contributed by atoms with Crippen molar-refractivity contribution in [3.63, 3.8) is 0 Å². The first-order valence-electron chi connectivity index (χ1n) is 11.4. The van der Waals surface area contributed by atoms with Gasteiger partial charge in [-0.1, -0.05) is 18.9 Å². The summed E-state index contributed by atoms with van der Waals surface area (Å²) in [4.78, 5) is 22.3. The highest BCUT2D eigenvalue weighted by Gasteiger charge is 2.32. The summed E-state index contributed by atoms with van der Waals surface area (Å²) in [6.45, 7) is 6.45. The Morgan fingerprint density at radius 3 is 2.61 bits per heavy atom. The summed E-state index contributed by atoms with van der Waals surface area (Å²) >= 11 is 0. The molecule has 1 amide bonds. The van der Waals surface area contributed by atoms with E-state index in [1.165, 1.54) is 58.2 Å². The third kappa shape index (κ3) is 5.32. The number of piperidine rings is 2. The molecule has 1 saturated carbocycles. The standard InChI is InChI=1S/C23H36N4O/c28-23(25-16-21-9-3-4-12-24-21)20-8-5-13-27(18-20)22-10-14-26(15-11-22)17-19-6-1-2-7-19/h3-4,9,12,19-20,22H,1-2,5-8,10-11,13-18H2,(H,25,28). The number of hydrogen-bond acceptors (Lipinski definition) is 4. The van der Waals surface area contributed by atoms with E-state index in [0.29, 0.717) is 12.6 Å². The van der Waals surface area contributed by atoms with Crippen molar-refractivity contribution in [2.45, 2.75) is 64.0 Å². The maximum Gasteiger partial charge on any atom is 0.224 e. The zero-order valence-corrected chi connectivity index (χ0v) is 17.2. The van der Waals surface area contributed by atoms with Gasteiger partial charge in [-0.05, 0) is 76.2 Å². The van der Waals surface area contributed by atoms with Crippen LogP contribution in [0.3, 0.4) is 0 Å². The smallest absolute Gasteiger partial charge is 0.224 e. The molecule has 0 bridgehead atoms. The van der Waals surface area contributed by atoms with Crippen molar-refractivity contribution in [2.24, 2.45) is 11.8 Å². The highest BCUT2D eigenvalue weighted by Crippen LogP contribution is 2.28. The van der Waals surface area contributed by atoms with E-state index < -0.39 is 0 Å². The first kappa shape index (κ1) is 19.8. The average Bonchev–Trinajstić information content (AvgIpc) is 3.26. The van der Waals surface area contributed by atoms with Gasteiger partial charge < -0.3 is 10.2 Å². The number of nitrogens with zero attached hydrogens (tertiary/aromatic N) is 3. The number of nitrogens with one attached hydrogen (secondary N) is 1. The lowest BCUT2D eigenvalue weighted by Gasteiger charge is -2.42. The summed E-state index contributed by atoms with van der Waals surface area (Å²) in [7, 11) is 0. The molecule has 1 unspecified atom stereocenters. The predicted octanol–water partition coefficient (Wildman–Crippen LogP) is 3.06. The first-order valence-corrected chi connectivity index (χ1v) is 11.4. The van der Waals surface area contributed by atoms with Gasteiger partial charge in [-0.2, -0.15) is 0 Å². The Bertz CT molecular complexity index is 608. The van der Waals surface area contributed by atoms with Crippen LogP contribution in [0.15, 0.2) is 24.4 Å². The van der Waals surface area contributed by atoms with Gasteiger partial charge in [-0.25, -0.2) is 0 Å². The van der Waals surface area contributed by atoms with Crippen molar-refractivity contribution in [1.82, 2.24) is 20.1 Å². The molecule has 1 N–H and O–H groups in total. The van der Waals surface area contributed by atoms with Crippen molar-refractivity contribution in [2.75, 3.05) is 32.7 Å². The van der Waals surface area contributed by atoms with Crippen molar-refractivity contribution < 1.29 is 4.79 Å².